The number of aryl methyl sites for hydroxylation is 2. The number of carbonyl (C=O) groups is 3. The smallest absolute Gasteiger partial charge is 0.325 e. The predicted octanol–water partition coefficient (Wildman–Crippen LogP) is 2.80. The third kappa shape index (κ3) is 3.52. The van der Waals surface area contributed by atoms with Crippen LogP contribution in [0, 0.1) is 0 Å². The van der Waals surface area contributed by atoms with Crippen LogP contribution in [0.15, 0.2) is 41.0 Å². The summed E-state index contributed by atoms with van der Waals surface area (Å²) in [5.74, 6) is -0.558. The van der Waals surface area contributed by atoms with Crippen molar-refractivity contribution in [2.45, 2.75) is 51.1 Å². The van der Waals surface area contributed by atoms with E-state index in [0.717, 1.165) is 23.3 Å². The second kappa shape index (κ2) is 7.39. The first-order valence-corrected chi connectivity index (χ1v) is 9.97. The van der Waals surface area contributed by atoms with E-state index in [-0.39, 0.29) is 18.5 Å². The van der Waals surface area contributed by atoms with Gasteiger partial charge in [-0.05, 0) is 68.4 Å². The van der Waals surface area contributed by atoms with Gasteiger partial charge < -0.3 is 15.1 Å². The van der Waals surface area contributed by atoms with E-state index in [4.69, 9.17) is 4.42 Å². The van der Waals surface area contributed by atoms with E-state index in [9.17, 15) is 14.4 Å². The highest BCUT2D eigenvalue weighted by Gasteiger charge is 2.51. The lowest BCUT2D eigenvalue weighted by Crippen LogP contribution is -2.43. The van der Waals surface area contributed by atoms with Crippen molar-refractivity contribution in [2.24, 2.45) is 0 Å². The van der Waals surface area contributed by atoms with Crippen molar-refractivity contribution < 1.29 is 18.8 Å². The van der Waals surface area contributed by atoms with Crippen molar-refractivity contribution in [2.75, 3.05) is 6.54 Å². The quantitative estimate of drug-likeness (QED) is 0.762. The van der Waals surface area contributed by atoms with Gasteiger partial charge in [-0.2, -0.15) is 0 Å². The minimum atomic E-state index is -1.30. The zero-order valence-electron chi connectivity index (χ0n) is 16.7. The molecule has 152 valence electrons. The molecule has 2 heterocycles. The summed E-state index contributed by atoms with van der Waals surface area (Å²) in [4.78, 5) is 38.6. The molecule has 7 heteroatoms. The Morgan fingerprint density at radius 2 is 2.00 bits per heavy atom. The van der Waals surface area contributed by atoms with E-state index >= 15 is 0 Å². The minimum absolute atomic E-state index is 0.216. The predicted molar refractivity (Wildman–Crippen MR) is 106 cm³/mol. The molecule has 4 rings (SSSR count). The summed E-state index contributed by atoms with van der Waals surface area (Å²) < 4.78 is 5.30. The van der Waals surface area contributed by atoms with Crippen molar-refractivity contribution in [3.8, 4) is 0 Å². The van der Waals surface area contributed by atoms with Crippen molar-refractivity contribution >= 4 is 17.8 Å². The van der Waals surface area contributed by atoms with Gasteiger partial charge in [-0.3, -0.25) is 14.5 Å². The van der Waals surface area contributed by atoms with Gasteiger partial charge in [0.1, 0.15) is 12.3 Å². The van der Waals surface area contributed by atoms with Crippen LogP contribution < -0.4 is 10.6 Å². The number of rotatable bonds is 5. The zero-order valence-corrected chi connectivity index (χ0v) is 16.7. The maximum atomic E-state index is 12.8. The van der Waals surface area contributed by atoms with Crippen molar-refractivity contribution in [3.63, 3.8) is 0 Å². The van der Waals surface area contributed by atoms with Gasteiger partial charge in [-0.15, -0.1) is 0 Å². The number of furan rings is 1. The summed E-state index contributed by atoms with van der Waals surface area (Å²) in [6.07, 6.45) is 6.03. The third-order valence-electron chi connectivity index (χ3n) is 5.84. The SMILES string of the molecule is CC(NC(=O)CN1C(=O)NC(C)(c2ccco2)C1=O)c1ccc2c(c1)CCCC2. The minimum Gasteiger partial charge on any atom is -0.466 e. The second-order valence-electron chi connectivity index (χ2n) is 7.95. The highest BCUT2D eigenvalue weighted by Crippen LogP contribution is 2.29. The van der Waals surface area contributed by atoms with Gasteiger partial charge in [0.2, 0.25) is 5.91 Å². The summed E-state index contributed by atoms with van der Waals surface area (Å²) in [6.45, 7) is 3.14. The third-order valence-corrected chi connectivity index (χ3v) is 5.84. The molecule has 0 radical (unpaired) electrons. The number of urea groups is 1. The van der Waals surface area contributed by atoms with E-state index in [1.54, 1.807) is 19.1 Å². The number of carbonyl (C=O) groups excluding carboxylic acids is 3. The van der Waals surface area contributed by atoms with E-state index in [1.807, 2.05) is 13.0 Å². The molecule has 1 aliphatic heterocycles. The van der Waals surface area contributed by atoms with Crippen molar-refractivity contribution in [1.82, 2.24) is 15.5 Å². The summed E-state index contributed by atoms with van der Waals surface area (Å²) in [6, 6.07) is 8.78. The molecule has 2 unspecified atom stereocenters. The van der Waals surface area contributed by atoms with Gasteiger partial charge in [-0.25, -0.2) is 4.79 Å². The second-order valence-corrected chi connectivity index (χ2v) is 7.95. The standard InChI is InChI=1S/C22H25N3O4/c1-14(16-10-9-15-6-3-4-7-17(15)12-16)23-19(26)13-25-20(27)22(2,24-21(25)28)18-8-5-11-29-18/h5,8-12,14H,3-4,6-7,13H2,1-2H3,(H,23,26)(H,24,28). The van der Waals surface area contributed by atoms with Crippen LogP contribution in [0.3, 0.4) is 0 Å². The van der Waals surface area contributed by atoms with Crippen LogP contribution in [-0.2, 0) is 28.0 Å². The Balaban J connectivity index is 1.42. The molecule has 1 fully saturated rings. The molecule has 1 aromatic heterocycles. The lowest BCUT2D eigenvalue weighted by Gasteiger charge is -2.21. The number of nitrogens with one attached hydrogen (secondary N) is 2. The first-order valence-electron chi connectivity index (χ1n) is 9.97. The molecule has 4 amide bonds. The molecule has 1 saturated heterocycles. The van der Waals surface area contributed by atoms with Crippen LogP contribution in [-0.4, -0.2) is 29.3 Å². The molecule has 0 bridgehead atoms. The summed E-state index contributed by atoms with van der Waals surface area (Å²) in [5, 5.41) is 5.52. The average molecular weight is 395 g/mol. The van der Waals surface area contributed by atoms with Crippen LogP contribution in [0.1, 0.15) is 55.2 Å². The maximum Gasteiger partial charge on any atom is 0.325 e. The first-order chi connectivity index (χ1) is 13.9. The summed E-state index contributed by atoms with van der Waals surface area (Å²) in [5.41, 5.74) is 2.45. The molecule has 0 spiro atoms. The van der Waals surface area contributed by atoms with Gasteiger partial charge >= 0.3 is 6.03 Å². The fraction of sp³-hybridized carbons (Fsp3) is 0.409. The van der Waals surface area contributed by atoms with Gasteiger partial charge in [0.15, 0.2) is 5.54 Å². The average Bonchev–Trinajstić information content (AvgIpc) is 3.32. The van der Waals surface area contributed by atoms with E-state index in [1.165, 1.54) is 30.2 Å². The van der Waals surface area contributed by atoms with E-state index in [0.29, 0.717) is 5.76 Å². The molecule has 2 atom stereocenters. The van der Waals surface area contributed by atoms with Gasteiger partial charge in [0.25, 0.3) is 5.91 Å². The normalized spacial score (nSPS) is 22.2. The fourth-order valence-corrected chi connectivity index (χ4v) is 4.11. The molecule has 29 heavy (non-hydrogen) atoms. The Bertz CT molecular complexity index is 953. The molecular weight excluding hydrogens is 370 g/mol. The number of hydrogen-bond acceptors (Lipinski definition) is 4. The van der Waals surface area contributed by atoms with E-state index < -0.39 is 17.5 Å². The largest absolute Gasteiger partial charge is 0.466 e. The number of nitrogens with zero attached hydrogens (tertiary/aromatic N) is 1. The highest BCUT2D eigenvalue weighted by molar-refractivity contribution is 6.08. The lowest BCUT2D eigenvalue weighted by atomic mass is 9.89. The van der Waals surface area contributed by atoms with Crippen LogP contribution in [0.4, 0.5) is 4.79 Å². The Labute approximate surface area is 169 Å². The fourth-order valence-electron chi connectivity index (χ4n) is 4.11. The Kier molecular flexibility index (Phi) is 4.90. The lowest BCUT2D eigenvalue weighted by molar-refractivity contribution is -0.135. The molecular formula is C22H25N3O4. The van der Waals surface area contributed by atoms with E-state index in [2.05, 4.69) is 22.8 Å². The monoisotopic (exact) mass is 395 g/mol. The zero-order chi connectivity index (χ0) is 20.6. The molecule has 1 aliphatic carbocycles. The summed E-state index contributed by atoms with van der Waals surface area (Å²) in [7, 11) is 0. The number of fused-ring (bicyclic) bond motifs is 1. The maximum absolute atomic E-state index is 12.8. The molecule has 1 aromatic carbocycles. The Morgan fingerprint density at radius 3 is 2.72 bits per heavy atom. The number of amides is 4. The molecule has 2 N–H and O–H groups in total. The topological polar surface area (TPSA) is 91.7 Å². The molecule has 2 aliphatic rings. The molecule has 0 saturated carbocycles. The van der Waals surface area contributed by atoms with Crippen LogP contribution in [0.25, 0.3) is 0 Å². The molecule has 7 nitrogen and oxygen atoms in total. The van der Waals surface area contributed by atoms with Crippen molar-refractivity contribution in [1.29, 1.82) is 0 Å². The Hall–Kier alpha value is -3.09. The highest BCUT2D eigenvalue weighted by atomic mass is 16.3. The van der Waals surface area contributed by atoms with Gasteiger partial charge in [0, 0.05) is 0 Å². The number of hydrogen-bond donors (Lipinski definition) is 2. The van der Waals surface area contributed by atoms with Crippen LogP contribution in [0.5, 0.6) is 0 Å². The van der Waals surface area contributed by atoms with Crippen LogP contribution >= 0.6 is 0 Å². The molecule has 2 aromatic rings. The van der Waals surface area contributed by atoms with Gasteiger partial charge in [0.05, 0.1) is 12.3 Å². The first kappa shape index (κ1) is 19.2. The summed E-state index contributed by atoms with van der Waals surface area (Å²) >= 11 is 0. The number of imide groups is 1. The Morgan fingerprint density at radius 1 is 1.24 bits per heavy atom. The van der Waals surface area contributed by atoms with Gasteiger partial charge in [-0.1, -0.05) is 18.2 Å². The van der Waals surface area contributed by atoms with Crippen molar-refractivity contribution in [3.05, 3.63) is 59.0 Å². The number of benzene rings is 1. The van der Waals surface area contributed by atoms with Crippen LogP contribution in [0.2, 0.25) is 0 Å².